The Labute approximate surface area is 203 Å². The van der Waals surface area contributed by atoms with Gasteiger partial charge in [-0.1, -0.05) is 57.0 Å². The number of rotatable bonds is 13. The molecule has 6 heteroatoms. The number of thiazole rings is 1. The molecule has 2 aromatic carbocycles. The van der Waals surface area contributed by atoms with Gasteiger partial charge < -0.3 is 15.1 Å². The van der Waals surface area contributed by atoms with Crippen LogP contribution in [0.5, 0.6) is 5.75 Å². The summed E-state index contributed by atoms with van der Waals surface area (Å²) in [4.78, 5) is 7.24. The molecule has 32 heavy (non-hydrogen) atoms. The fourth-order valence-electron chi connectivity index (χ4n) is 3.38. The van der Waals surface area contributed by atoms with Gasteiger partial charge >= 0.3 is 0 Å². The van der Waals surface area contributed by atoms with Crippen molar-refractivity contribution in [3.8, 4) is 5.75 Å². The summed E-state index contributed by atoms with van der Waals surface area (Å²) in [6.07, 6.45) is 10.4. The van der Waals surface area contributed by atoms with Gasteiger partial charge in [0.2, 0.25) is 0 Å². The second-order valence-electron chi connectivity index (χ2n) is 7.67. The van der Waals surface area contributed by atoms with Crippen LogP contribution in [0.1, 0.15) is 56.5 Å². The average Bonchev–Trinajstić information content (AvgIpc) is 3.20. The van der Waals surface area contributed by atoms with Crippen molar-refractivity contribution in [3.63, 3.8) is 0 Å². The molecular weight excluding hydrogens is 440 g/mol. The van der Waals surface area contributed by atoms with Crippen LogP contribution in [0.2, 0.25) is 0 Å². The maximum atomic E-state index is 5.96. The van der Waals surface area contributed by atoms with E-state index in [0.29, 0.717) is 0 Å². The maximum Gasteiger partial charge on any atom is 0.119 e. The van der Waals surface area contributed by atoms with Crippen LogP contribution in [0.15, 0.2) is 48.5 Å². The molecule has 2 N–H and O–H groups in total. The molecule has 0 spiro atoms. The standard InChI is InChI=1S/C26H34N2OS.ClH.H2O/c1-3-5-18-28(19-6-4-2)20-9-21-29-23-15-12-22(13-16-23)14-17-26-27-24-10-7-8-11-25(24)30-26;;/h7-8,10-17H,3-6,9,18-21H2,1-2H3;1H;1H2/b17-14+;;. The minimum Gasteiger partial charge on any atom is -0.494 e. The zero-order valence-electron chi connectivity index (χ0n) is 19.3. The van der Waals surface area contributed by atoms with Gasteiger partial charge in [0.15, 0.2) is 0 Å². The lowest BCUT2D eigenvalue weighted by Crippen LogP contribution is -2.28. The first-order valence-electron chi connectivity index (χ1n) is 11.3. The van der Waals surface area contributed by atoms with E-state index in [1.807, 2.05) is 6.07 Å². The predicted molar refractivity (Wildman–Crippen MR) is 142 cm³/mol. The van der Waals surface area contributed by atoms with E-state index in [9.17, 15) is 0 Å². The normalized spacial score (nSPS) is 11.0. The van der Waals surface area contributed by atoms with E-state index in [1.54, 1.807) is 11.3 Å². The molecule has 1 heterocycles. The molecule has 0 atom stereocenters. The highest BCUT2D eigenvalue weighted by molar-refractivity contribution is 7.19. The van der Waals surface area contributed by atoms with Crippen molar-refractivity contribution < 1.29 is 10.2 Å². The van der Waals surface area contributed by atoms with Crippen molar-refractivity contribution in [3.05, 3.63) is 59.1 Å². The van der Waals surface area contributed by atoms with Crippen LogP contribution >= 0.6 is 23.7 Å². The Morgan fingerprint density at radius 3 is 2.19 bits per heavy atom. The van der Waals surface area contributed by atoms with Crippen LogP contribution in [0.25, 0.3) is 22.4 Å². The molecule has 3 rings (SSSR count). The summed E-state index contributed by atoms with van der Waals surface area (Å²) in [6.45, 7) is 8.86. The van der Waals surface area contributed by atoms with Gasteiger partial charge in [0.1, 0.15) is 10.8 Å². The number of ether oxygens (including phenoxy) is 1. The molecule has 0 aliphatic heterocycles. The highest BCUT2D eigenvalue weighted by atomic mass is 35.5. The van der Waals surface area contributed by atoms with Gasteiger partial charge in [0.25, 0.3) is 0 Å². The Hall–Kier alpha value is -1.92. The third kappa shape index (κ3) is 9.29. The van der Waals surface area contributed by atoms with Crippen molar-refractivity contribution in [2.24, 2.45) is 0 Å². The van der Waals surface area contributed by atoms with Crippen molar-refractivity contribution in [1.82, 2.24) is 9.88 Å². The predicted octanol–water partition coefficient (Wildman–Crippen LogP) is 6.73. The maximum absolute atomic E-state index is 5.96. The Bertz CT molecular complexity index is 871. The van der Waals surface area contributed by atoms with Crippen molar-refractivity contribution in [1.29, 1.82) is 0 Å². The van der Waals surface area contributed by atoms with Crippen LogP contribution in [-0.2, 0) is 0 Å². The summed E-state index contributed by atoms with van der Waals surface area (Å²) in [5.41, 5.74) is 2.22. The minimum atomic E-state index is 0. The topological polar surface area (TPSA) is 56.9 Å². The van der Waals surface area contributed by atoms with E-state index >= 15 is 0 Å². The lowest BCUT2D eigenvalue weighted by Gasteiger charge is -2.21. The lowest BCUT2D eigenvalue weighted by atomic mass is 10.2. The molecule has 0 saturated carbocycles. The van der Waals surface area contributed by atoms with Gasteiger partial charge in [-0.05, 0) is 68.3 Å². The number of unbranched alkanes of at least 4 members (excludes halogenated alkanes) is 2. The fourth-order valence-corrected chi connectivity index (χ4v) is 4.25. The van der Waals surface area contributed by atoms with Gasteiger partial charge in [-0.25, -0.2) is 4.98 Å². The Morgan fingerprint density at radius 1 is 0.875 bits per heavy atom. The SMILES string of the molecule is CCCCN(CCCC)CCCOc1ccc(/C=C/c2nc3ccccc3s2)cc1.Cl.O. The lowest BCUT2D eigenvalue weighted by molar-refractivity contribution is 0.229. The number of para-hydroxylation sites is 1. The van der Waals surface area contributed by atoms with E-state index in [-0.39, 0.29) is 17.9 Å². The average molecular weight is 477 g/mol. The monoisotopic (exact) mass is 476 g/mol. The van der Waals surface area contributed by atoms with E-state index in [2.05, 4.69) is 78.3 Å². The number of hydrogen-bond acceptors (Lipinski definition) is 4. The fraction of sp³-hybridized carbons (Fsp3) is 0.423. The third-order valence-corrected chi connectivity index (χ3v) is 6.15. The first kappa shape index (κ1) is 28.1. The molecule has 1 aromatic heterocycles. The van der Waals surface area contributed by atoms with Crippen LogP contribution in [0.3, 0.4) is 0 Å². The first-order valence-corrected chi connectivity index (χ1v) is 12.1. The molecule has 0 bridgehead atoms. The molecule has 4 nitrogen and oxygen atoms in total. The van der Waals surface area contributed by atoms with Gasteiger partial charge in [0, 0.05) is 6.54 Å². The third-order valence-electron chi connectivity index (χ3n) is 5.15. The Morgan fingerprint density at radius 2 is 1.53 bits per heavy atom. The second kappa shape index (κ2) is 15.8. The van der Waals surface area contributed by atoms with Crippen LogP contribution in [0.4, 0.5) is 0 Å². The summed E-state index contributed by atoms with van der Waals surface area (Å²) in [5, 5.41) is 1.03. The molecule has 0 radical (unpaired) electrons. The number of halogens is 1. The van der Waals surface area contributed by atoms with Crippen molar-refractivity contribution in [2.75, 3.05) is 26.2 Å². The molecule has 0 amide bonds. The van der Waals surface area contributed by atoms with Crippen LogP contribution in [-0.4, -0.2) is 41.6 Å². The Kier molecular flexibility index (Phi) is 13.9. The van der Waals surface area contributed by atoms with E-state index in [0.717, 1.165) is 41.4 Å². The molecule has 3 aromatic rings. The molecule has 0 unspecified atom stereocenters. The van der Waals surface area contributed by atoms with Crippen molar-refractivity contribution >= 4 is 46.1 Å². The molecule has 0 saturated heterocycles. The number of nitrogens with zero attached hydrogens (tertiary/aromatic N) is 2. The minimum absolute atomic E-state index is 0. The summed E-state index contributed by atoms with van der Waals surface area (Å²) >= 11 is 1.72. The van der Waals surface area contributed by atoms with E-state index in [4.69, 9.17) is 4.74 Å². The smallest absolute Gasteiger partial charge is 0.119 e. The van der Waals surface area contributed by atoms with Gasteiger partial charge in [-0.3, -0.25) is 0 Å². The number of fused-ring (bicyclic) bond motifs is 1. The summed E-state index contributed by atoms with van der Waals surface area (Å²) < 4.78 is 7.19. The second-order valence-corrected chi connectivity index (χ2v) is 8.74. The highest BCUT2D eigenvalue weighted by Gasteiger charge is 2.04. The van der Waals surface area contributed by atoms with E-state index < -0.39 is 0 Å². The summed E-state index contributed by atoms with van der Waals surface area (Å²) in [6, 6.07) is 16.6. The molecule has 0 fully saturated rings. The number of hydrogen-bond donors (Lipinski definition) is 0. The quantitative estimate of drug-likeness (QED) is 0.257. The van der Waals surface area contributed by atoms with E-state index in [1.165, 1.54) is 43.5 Å². The van der Waals surface area contributed by atoms with Gasteiger partial charge in [-0.2, -0.15) is 0 Å². The van der Waals surface area contributed by atoms with Gasteiger partial charge in [-0.15, -0.1) is 23.7 Å². The van der Waals surface area contributed by atoms with Crippen molar-refractivity contribution in [2.45, 2.75) is 46.0 Å². The number of benzene rings is 2. The zero-order chi connectivity index (χ0) is 21.0. The summed E-state index contributed by atoms with van der Waals surface area (Å²) in [7, 11) is 0. The molecule has 176 valence electrons. The van der Waals surface area contributed by atoms with Crippen LogP contribution in [0, 0.1) is 0 Å². The number of aromatic nitrogens is 1. The highest BCUT2D eigenvalue weighted by Crippen LogP contribution is 2.23. The summed E-state index contributed by atoms with van der Waals surface area (Å²) in [5.74, 6) is 0.945. The largest absolute Gasteiger partial charge is 0.494 e. The zero-order valence-corrected chi connectivity index (χ0v) is 20.9. The molecular formula is C26H37ClN2O2S. The van der Waals surface area contributed by atoms with Gasteiger partial charge in [0.05, 0.1) is 16.8 Å². The molecule has 0 aliphatic carbocycles. The Balaban J connectivity index is 0.00000256. The van der Waals surface area contributed by atoms with Crippen LogP contribution < -0.4 is 4.74 Å². The first-order chi connectivity index (χ1) is 14.8. The molecule has 0 aliphatic rings.